The predicted octanol–water partition coefficient (Wildman–Crippen LogP) is 0.880. The van der Waals surface area contributed by atoms with Crippen LogP contribution in [0.15, 0.2) is 23.1 Å². The van der Waals surface area contributed by atoms with Crippen LogP contribution in [0.4, 0.5) is 5.69 Å². The van der Waals surface area contributed by atoms with Crippen LogP contribution in [0.2, 0.25) is 0 Å². The van der Waals surface area contributed by atoms with E-state index >= 15 is 0 Å². The molecular weight excluding hydrogens is 264 g/mol. The van der Waals surface area contributed by atoms with Gasteiger partial charge in [-0.15, -0.1) is 0 Å². The molecule has 1 fully saturated rings. The van der Waals surface area contributed by atoms with Gasteiger partial charge in [-0.2, -0.15) is 0 Å². The zero-order valence-electron chi connectivity index (χ0n) is 11.0. The maximum absolute atomic E-state index is 12.2. The third kappa shape index (κ3) is 3.46. The molecule has 0 bridgehead atoms. The molecule has 1 unspecified atom stereocenters. The Morgan fingerprint density at radius 2 is 2.16 bits per heavy atom. The van der Waals surface area contributed by atoms with Gasteiger partial charge in [-0.1, -0.05) is 13.0 Å². The van der Waals surface area contributed by atoms with E-state index in [4.69, 9.17) is 5.73 Å². The summed E-state index contributed by atoms with van der Waals surface area (Å²) in [4.78, 5) is 0.206. The van der Waals surface area contributed by atoms with Crippen molar-refractivity contribution in [2.24, 2.45) is 5.92 Å². The summed E-state index contributed by atoms with van der Waals surface area (Å²) < 4.78 is 26.9. The fourth-order valence-corrected chi connectivity index (χ4v) is 3.43. The highest BCUT2D eigenvalue weighted by Crippen LogP contribution is 2.32. The van der Waals surface area contributed by atoms with Crippen LogP contribution in [-0.2, 0) is 16.4 Å². The van der Waals surface area contributed by atoms with Crippen LogP contribution < -0.4 is 10.5 Å². The first-order chi connectivity index (χ1) is 8.94. The number of hydrogen-bond acceptors (Lipinski definition) is 4. The van der Waals surface area contributed by atoms with Crippen LogP contribution in [0.25, 0.3) is 0 Å². The van der Waals surface area contributed by atoms with Crippen molar-refractivity contribution in [2.45, 2.75) is 37.2 Å². The Labute approximate surface area is 113 Å². The van der Waals surface area contributed by atoms with Crippen molar-refractivity contribution >= 4 is 15.7 Å². The van der Waals surface area contributed by atoms with Gasteiger partial charge in [-0.25, -0.2) is 13.1 Å². The van der Waals surface area contributed by atoms with Crippen molar-refractivity contribution in [3.63, 3.8) is 0 Å². The summed E-state index contributed by atoms with van der Waals surface area (Å²) in [5, 5.41) is 9.73. The molecule has 0 saturated heterocycles. The maximum atomic E-state index is 12.2. The van der Waals surface area contributed by atoms with Crippen molar-refractivity contribution in [1.82, 2.24) is 4.72 Å². The molecule has 0 amide bonds. The van der Waals surface area contributed by atoms with Gasteiger partial charge in [0.05, 0.1) is 11.0 Å². The van der Waals surface area contributed by atoms with Gasteiger partial charge in [0.1, 0.15) is 0 Å². The Bertz CT molecular complexity index is 553. The van der Waals surface area contributed by atoms with Crippen molar-refractivity contribution < 1.29 is 13.5 Å². The van der Waals surface area contributed by atoms with Crippen LogP contribution in [0.5, 0.6) is 0 Å². The van der Waals surface area contributed by atoms with Crippen LogP contribution in [0.3, 0.4) is 0 Å². The molecule has 5 nitrogen and oxygen atoms in total. The third-order valence-corrected chi connectivity index (χ3v) is 4.92. The maximum Gasteiger partial charge on any atom is 0.241 e. The zero-order valence-corrected chi connectivity index (χ0v) is 11.8. The number of benzene rings is 1. The Hall–Kier alpha value is -1.11. The van der Waals surface area contributed by atoms with E-state index in [1.807, 2.05) is 6.92 Å². The number of nitrogens with one attached hydrogen (secondary N) is 1. The quantitative estimate of drug-likeness (QED) is 0.676. The van der Waals surface area contributed by atoms with E-state index in [9.17, 15) is 13.5 Å². The average molecular weight is 284 g/mol. The fourth-order valence-electron chi connectivity index (χ4n) is 2.03. The number of sulfonamides is 1. The highest BCUT2D eigenvalue weighted by Gasteiger charge is 2.30. The summed E-state index contributed by atoms with van der Waals surface area (Å²) in [6.45, 7) is 1.95. The number of aliphatic hydroxyl groups excluding tert-OH is 1. The molecule has 2 rings (SSSR count). The largest absolute Gasteiger partial charge is 0.399 e. The van der Waals surface area contributed by atoms with E-state index < -0.39 is 16.1 Å². The summed E-state index contributed by atoms with van der Waals surface area (Å²) in [5.41, 5.74) is 6.79. The predicted molar refractivity (Wildman–Crippen MR) is 74.2 cm³/mol. The number of nitrogens with two attached hydrogens (primary N) is 1. The molecule has 0 aromatic heterocycles. The molecule has 0 heterocycles. The number of aryl methyl sites for hydroxylation is 1. The minimum Gasteiger partial charge on any atom is -0.399 e. The lowest BCUT2D eigenvalue weighted by atomic mass is 10.1. The van der Waals surface area contributed by atoms with Gasteiger partial charge < -0.3 is 10.8 Å². The van der Waals surface area contributed by atoms with E-state index in [1.165, 1.54) is 6.07 Å². The summed E-state index contributed by atoms with van der Waals surface area (Å²) in [5.74, 6) is 0.245. The monoisotopic (exact) mass is 284 g/mol. The van der Waals surface area contributed by atoms with Crippen LogP contribution in [-0.4, -0.2) is 26.2 Å². The average Bonchev–Trinajstić information content (AvgIpc) is 3.20. The minimum absolute atomic E-state index is 0.0605. The summed E-state index contributed by atoms with van der Waals surface area (Å²) in [7, 11) is -3.62. The number of anilines is 1. The summed E-state index contributed by atoms with van der Waals surface area (Å²) in [6.07, 6.45) is 1.96. The van der Waals surface area contributed by atoms with E-state index in [1.54, 1.807) is 12.1 Å². The van der Waals surface area contributed by atoms with Gasteiger partial charge in [-0.05, 0) is 42.9 Å². The molecule has 1 atom stereocenters. The lowest BCUT2D eigenvalue weighted by Crippen LogP contribution is -2.33. The Balaban J connectivity index is 2.15. The van der Waals surface area contributed by atoms with Crippen molar-refractivity contribution in [1.29, 1.82) is 0 Å². The fraction of sp³-hybridized carbons (Fsp3) is 0.538. The van der Waals surface area contributed by atoms with E-state index in [0.29, 0.717) is 12.1 Å². The first kappa shape index (κ1) is 14.3. The minimum atomic E-state index is -3.62. The highest BCUT2D eigenvalue weighted by atomic mass is 32.2. The van der Waals surface area contributed by atoms with Gasteiger partial charge in [-0.3, -0.25) is 0 Å². The van der Waals surface area contributed by atoms with Crippen LogP contribution in [0.1, 0.15) is 25.3 Å². The third-order valence-electron chi connectivity index (χ3n) is 3.41. The SMILES string of the molecule is CCc1ccc(N)cc1S(=O)(=O)NCC(O)C1CC1. The number of nitrogen functional groups attached to an aromatic ring is 1. The van der Waals surface area contributed by atoms with Crippen LogP contribution >= 0.6 is 0 Å². The van der Waals surface area contributed by atoms with Gasteiger partial charge in [0, 0.05) is 12.2 Å². The zero-order chi connectivity index (χ0) is 14.0. The molecule has 19 heavy (non-hydrogen) atoms. The number of rotatable bonds is 6. The first-order valence-corrected chi connectivity index (χ1v) is 7.98. The van der Waals surface area contributed by atoms with E-state index in [2.05, 4.69) is 4.72 Å². The molecule has 6 heteroatoms. The molecule has 1 aromatic carbocycles. The summed E-state index contributed by atoms with van der Waals surface area (Å²) >= 11 is 0. The molecule has 1 aliphatic carbocycles. The molecule has 0 spiro atoms. The molecule has 4 N–H and O–H groups in total. The molecule has 0 radical (unpaired) electrons. The number of hydrogen-bond donors (Lipinski definition) is 3. The second-order valence-electron chi connectivity index (χ2n) is 4.98. The Morgan fingerprint density at radius 3 is 2.74 bits per heavy atom. The second-order valence-corrected chi connectivity index (χ2v) is 6.71. The van der Waals surface area contributed by atoms with Crippen molar-refractivity contribution in [3.05, 3.63) is 23.8 Å². The van der Waals surface area contributed by atoms with Gasteiger partial charge >= 0.3 is 0 Å². The Morgan fingerprint density at radius 1 is 1.47 bits per heavy atom. The second kappa shape index (κ2) is 5.48. The highest BCUT2D eigenvalue weighted by molar-refractivity contribution is 7.89. The van der Waals surface area contributed by atoms with Gasteiger partial charge in [0.25, 0.3) is 0 Å². The Kier molecular flexibility index (Phi) is 4.13. The lowest BCUT2D eigenvalue weighted by molar-refractivity contribution is 0.155. The standard InChI is InChI=1S/C13H20N2O3S/c1-2-9-5-6-11(14)7-13(9)19(17,18)15-8-12(16)10-3-4-10/h5-7,10,12,15-16H,2-4,8,14H2,1H3. The molecule has 1 aliphatic rings. The summed E-state index contributed by atoms with van der Waals surface area (Å²) in [6, 6.07) is 4.88. The van der Waals surface area contributed by atoms with Gasteiger partial charge in [0.2, 0.25) is 10.0 Å². The molecule has 0 aliphatic heterocycles. The lowest BCUT2D eigenvalue weighted by Gasteiger charge is -2.14. The van der Waals surface area contributed by atoms with Crippen molar-refractivity contribution in [2.75, 3.05) is 12.3 Å². The normalized spacial score (nSPS) is 17.4. The molecular formula is C13H20N2O3S. The van der Waals surface area contributed by atoms with Crippen molar-refractivity contribution in [3.8, 4) is 0 Å². The molecule has 106 valence electrons. The van der Waals surface area contributed by atoms with Gasteiger partial charge in [0.15, 0.2) is 0 Å². The van der Waals surface area contributed by atoms with E-state index in [0.717, 1.165) is 18.4 Å². The number of aliphatic hydroxyl groups is 1. The van der Waals surface area contributed by atoms with E-state index in [-0.39, 0.29) is 17.4 Å². The van der Waals surface area contributed by atoms with Crippen LogP contribution in [0, 0.1) is 5.92 Å². The molecule has 1 saturated carbocycles. The molecule has 1 aromatic rings. The topological polar surface area (TPSA) is 92.4 Å². The first-order valence-electron chi connectivity index (χ1n) is 6.50. The smallest absolute Gasteiger partial charge is 0.241 e.